The van der Waals surface area contributed by atoms with Gasteiger partial charge in [0.25, 0.3) is 0 Å². The maximum Gasteiger partial charge on any atom is -0.0106 e. The van der Waals surface area contributed by atoms with Crippen LogP contribution in [0.15, 0.2) is 48.6 Å². The van der Waals surface area contributed by atoms with Crippen LogP contribution in [-0.2, 0) is 0 Å². The molecule has 0 saturated carbocycles. The molecular weight excluding hydrogens is 192 g/mol. The van der Waals surface area contributed by atoms with E-state index in [0.717, 1.165) is 0 Å². The SMILES string of the molecule is C/C=C/c1ccc2ccccc2c1/C=C/C. The van der Waals surface area contributed by atoms with Gasteiger partial charge >= 0.3 is 0 Å². The van der Waals surface area contributed by atoms with Crippen molar-refractivity contribution in [1.29, 1.82) is 0 Å². The Hall–Kier alpha value is -1.82. The zero-order valence-electron chi connectivity index (χ0n) is 9.77. The van der Waals surface area contributed by atoms with Crippen LogP contribution in [0.4, 0.5) is 0 Å². The summed E-state index contributed by atoms with van der Waals surface area (Å²) in [7, 11) is 0. The average molecular weight is 208 g/mol. The van der Waals surface area contributed by atoms with Crippen LogP contribution in [0.5, 0.6) is 0 Å². The monoisotopic (exact) mass is 208 g/mol. The highest BCUT2D eigenvalue weighted by molar-refractivity contribution is 5.94. The second kappa shape index (κ2) is 4.80. The maximum absolute atomic E-state index is 2.18. The minimum Gasteiger partial charge on any atom is -0.0870 e. The molecule has 0 radical (unpaired) electrons. The first kappa shape index (κ1) is 10.7. The van der Waals surface area contributed by atoms with E-state index in [9.17, 15) is 0 Å². The summed E-state index contributed by atoms with van der Waals surface area (Å²) in [4.78, 5) is 0. The van der Waals surface area contributed by atoms with E-state index >= 15 is 0 Å². The molecule has 0 atom stereocenters. The fourth-order valence-electron chi connectivity index (χ4n) is 1.99. The van der Waals surface area contributed by atoms with Gasteiger partial charge in [-0.25, -0.2) is 0 Å². The van der Waals surface area contributed by atoms with Gasteiger partial charge in [0, 0.05) is 0 Å². The lowest BCUT2D eigenvalue weighted by molar-refractivity contribution is 1.64. The van der Waals surface area contributed by atoms with Crippen LogP contribution in [0.1, 0.15) is 25.0 Å². The minimum atomic E-state index is 1.28. The summed E-state index contributed by atoms with van der Waals surface area (Å²) in [6.07, 6.45) is 8.51. The lowest BCUT2D eigenvalue weighted by atomic mass is 9.98. The van der Waals surface area contributed by atoms with Gasteiger partial charge in [-0.2, -0.15) is 0 Å². The maximum atomic E-state index is 2.18. The molecule has 16 heavy (non-hydrogen) atoms. The lowest BCUT2D eigenvalue weighted by Crippen LogP contribution is -1.83. The zero-order chi connectivity index (χ0) is 11.4. The van der Waals surface area contributed by atoms with E-state index in [0.29, 0.717) is 0 Å². The van der Waals surface area contributed by atoms with E-state index in [4.69, 9.17) is 0 Å². The average Bonchev–Trinajstić information content (AvgIpc) is 2.32. The Morgan fingerprint density at radius 3 is 2.31 bits per heavy atom. The zero-order valence-corrected chi connectivity index (χ0v) is 9.77. The van der Waals surface area contributed by atoms with Gasteiger partial charge < -0.3 is 0 Å². The van der Waals surface area contributed by atoms with Crippen molar-refractivity contribution >= 4 is 22.9 Å². The quantitative estimate of drug-likeness (QED) is 0.658. The van der Waals surface area contributed by atoms with Crippen LogP contribution in [0.2, 0.25) is 0 Å². The van der Waals surface area contributed by atoms with E-state index in [1.807, 2.05) is 0 Å². The third-order valence-corrected chi connectivity index (χ3v) is 2.68. The third-order valence-electron chi connectivity index (χ3n) is 2.68. The Morgan fingerprint density at radius 1 is 0.812 bits per heavy atom. The van der Waals surface area contributed by atoms with Gasteiger partial charge in [-0.15, -0.1) is 0 Å². The summed E-state index contributed by atoms with van der Waals surface area (Å²) in [6, 6.07) is 12.9. The Balaban J connectivity index is 2.78. The van der Waals surface area contributed by atoms with Crippen molar-refractivity contribution in [2.45, 2.75) is 13.8 Å². The van der Waals surface area contributed by atoms with Gasteiger partial charge in [-0.3, -0.25) is 0 Å². The van der Waals surface area contributed by atoms with E-state index in [-0.39, 0.29) is 0 Å². The Kier molecular flexibility index (Phi) is 3.21. The number of allylic oxidation sites excluding steroid dienone is 2. The van der Waals surface area contributed by atoms with Crippen LogP contribution < -0.4 is 0 Å². The molecule has 80 valence electrons. The van der Waals surface area contributed by atoms with Crippen molar-refractivity contribution in [3.8, 4) is 0 Å². The number of fused-ring (bicyclic) bond motifs is 1. The van der Waals surface area contributed by atoms with E-state index in [2.05, 4.69) is 74.5 Å². The molecule has 0 bridgehead atoms. The molecule has 0 aromatic heterocycles. The highest BCUT2D eigenvalue weighted by Crippen LogP contribution is 2.24. The van der Waals surface area contributed by atoms with Crippen molar-refractivity contribution in [1.82, 2.24) is 0 Å². The minimum absolute atomic E-state index is 1.28. The predicted molar refractivity (Wildman–Crippen MR) is 73.4 cm³/mol. The Morgan fingerprint density at radius 2 is 1.56 bits per heavy atom. The number of hydrogen-bond acceptors (Lipinski definition) is 0. The van der Waals surface area contributed by atoms with Crippen LogP contribution in [0.3, 0.4) is 0 Å². The summed E-state index contributed by atoms with van der Waals surface area (Å²) in [5.41, 5.74) is 2.58. The molecule has 0 amide bonds. The van der Waals surface area contributed by atoms with E-state index in [1.54, 1.807) is 0 Å². The first-order valence-electron chi connectivity index (χ1n) is 5.64. The Bertz CT molecular complexity index is 545. The summed E-state index contributed by atoms with van der Waals surface area (Å²) >= 11 is 0. The molecule has 0 unspecified atom stereocenters. The second-order valence-corrected chi connectivity index (χ2v) is 3.79. The molecule has 0 aliphatic heterocycles. The first-order valence-corrected chi connectivity index (χ1v) is 5.64. The highest BCUT2D eigenvalue weighted by Gasteiger charge is 2.01. The number of rotatable bonds is 2. The van der Waals surface area contributed by atoms with Crippen molar-refractivity contribution in [3.63, 3.8) is 0 Å². The largest absolute Gasteiger partial charge is 0.0870 e. The summed E-state index contributed by atoms with van der Waals surface area (Å²) in [5.74, 6) is 0. The molecule has 0 heterocycles. The molecule has 0 fully saturated rings. The molecule has 0 aliphatic rings. The molecule has 0 aliphatic carbocycles. The molecule has 2 aromatic rings. The third kappa shape index (κ3) is 1.92. The van der Waals surface area contributed by atoms with Crippen LogP contribution in [0, 0.1) is 0 Å². The molecule has 0 spiro atoms. The molecule has 2 aromatic carbocycles. The van der Waals surface area contributed by atoms with Gasteiger partial charge in [-0.1, -0.05) is 60.7 Å². The van der Waals surface area contributed by atoms with Crippen LogP contribution in [-0.4, -0.2) is 0 Å². The van der Waals surface area contributed by atoms with Crippen molar-refractivity contribution in [2.75, 3.05) is 0 Å². The first-order chi connectivity index (χ1) is 7.86. The van der Waals surface area contributed by atoms with Gasteiger partial charge in [-0.05, 0) is 35.7 Å². The lowest BCUT2D eigenvalue weighted by Gasteiger charge is -2.06. The molecule has 2 rings (SSSR count). The standard InChI is InChI=1S/C16H16/c1-3-7-13-11-12-14-9-5-6-10-16(14)15(13)8-4-2/h3-12H,1-2H3/b7-3+,8-4+. The van der Waals surface area contributed by atoms with Crippen LogP contribution >= 0.6 is 0 Å². The number of hydrogen-bond donors (Lipinski definition) is 0. The normalized spacial score (nSPS) is 11.9. The van der Waals surface area contributed by atoms with Crippen molar-refractivity contribution in [2.24, 2.45) is 0 Å². The van der Waals surface area contributed by atoms with E-state index < -0.39 is 0 Å². The van der Waals surface area contributed by atoms with Gasteiger partial charge in [0.1, 0.15) is 0 Å². The predicted octanol–water partition coefficient (Wildman–Crippen LogP) is 4.91. The number of benzene rings is 2. The summed E-state index contributed by atoms with van der Waals surface area (Å²) in [5, 5.41) is 2.61. The van der Waals surface area contributed by atoms with Gasteiger partial charge in [0.05, 0.1) is 0 Å². The van der Waals surface area contributed by atoms with Crippen molar-refractivity contribution in [3.05, 3.63) is 59.7 Å². The molecule has 0 saturated heterocycles. The summed E-state index contributed by atoms with van der Waals surface area (Å²) < 4.78 is 0. The summed E-state index contributed by atoms with van der Waals surface area (Å²) in [6.45, 7) is 4.11. The second-order valence-electron chi connectivity index (χ2n) is 3.79. The molecule has 0 heteroatoms. The Labute approximate surface area is 96.9 Å². The topological polar surface area (TPSA) is 0 Å². The fourth-order valence-corrected chi connectivity index (χ4v) is 1.99. The molecular formula is C16H16. The van der Waals surface area contributed by atoms with Gasteiger partial charge in [0.15, 0.2) is 0 Å². The molecule has 0 nitrogen and oxygen atoms in total. The van der Waals surface area contributed by atoms with E-state index in [1.165, 1.54) is 21.9 Å². The highest BCUT2D eigenvalue weighted by atomic mass is 14.1. The van der Waals surface area contributed by atoms with Crippen LogP contribution in [0.25, 0.3) is 22.9 Å². The smallest absolute Gasteiger partial charge is 0.0106 e. The fraction of sp³-hybridized carbons (Fsp3) is 0.125. The van der Waals surface area contributed by atoms with Gasteiger partial charge in [0.2, 0.25) is 0 Å². The van der Waals surface area contributed by atoms with Crippen molar-refractivity contribution < 1.29 is 0 Å². The molecule has 0 N–H and O–H groups in total.